The number of nitrogens with two attached hydrogens (primary N) is 1. The van der Waals surface area contributed by atoms with E-state index in [1.54, 1.807) is 20.8 Å². The monoisotopic (exact) mass is 323 g/mol. The van der Waals surface area contributed by atoms with Gasteiger partial charge >= 0.3 is 6.09 Å². The number of hydrogen-bond donors (Lipinski definition) is 2. The normalized spacial score (nSPS) is 18.4. The van der Waals surface area contributed by atoms with Gasteiger partial charge in [0.25, 0.3) is 5.91 Å². The molecule has 126 valence electrons. The minimum absolute atomic E-state index is 0.105. The Bertz CT molecular complexity index is 587. The van der Waals surface area contributed by atoms with Crippen LogP contribution in [0.1, 0.15) is 20.8 Å². The summed E-state index contributed by atoms with van der Waals surface area (Å²) in [7, 11) is 0. The average molecular weight is 323 g/mol. The van der Waals surface area contributed by atoms with Crippen LogP contribution in [0.5, 0.6) is 0 Å². The van der Waals surface area contributed by atoms with Crippen LogP contribution in [0.25, 0.3) is 0 Å². The minimum Gasteiger partial charge on any atom is -0.444 e. The highest BCUT2D eigenvalue weighted by Gasteiger charge is 2.32. The molecule has 2 rings (SSSR count). The summed E-state index contributed by atoms with van der Waals surface area (Å²) in [6.07, 6.45) is 1.40. The van der Waals surface area contributed by atoms with Gasteiger partial charge < -0.3 is 25.4 Å². The number of nitrogens with one attached hydrogen (secondary N) is 1. The zero-order valence-electron chi connectivity index (χ0n) is 13.4. The average Bonchev–Trinajstić information content (AvgIpc) is 2.48. The first-order chi connectivity index (χ1) is 10.8. The van der Waals surface area contributed by atoms with Crippen molar-refractivity contribution in [1.82, 2.24) is 14.9 Å². The van der Waals surface area contributed by atoms with E-state index >= 15 is 0 Å². The van der Waals surface area contributed by atoms with E-state index in [0.29, 0.717) is 12.2 Å². The fraction of sp³-hybridized carbons (Fsp3) is 0.571. The molecule has 1 aromatic heterocycles. The molecule has 0 radical (unpaired) electrons. The van der Waals surface area contributed by atoms with E-state index in [2.05, 4.69) is 15.3 Å². The molecule has 1 aromatic rings. The maximum Gasteiger partial charge on any atom is 0.410 e. The third-order valence-corrected chi connectivity index (χ3v) is 3.01. The summed E-state index contributed by atoms with van der Waals surface area (Å²) in [6.45, 7) is 6.08. The Kier molecular flexibility index (Phi) is 4.99. The second-order valence-corrected chi connectivity index (χ2v) is 6.10. The summed E-state index contributed by atoms with van der Waals surface area (Å²) in [4.78, 5) is 33.3. The Morgan fingerprint density at radius 3 is 2.87 bits per heavy atom. The molecule has 0 unspecified atom stereocenters. The summed E-state index contributed by atoms with van der Waals surface area (Å²) in [5.74, 6) is -0.257. The number of aromatic nitrogens is 2. The number of carbonyl (C=O) groups excluding carboxylic acids is 2. The van der Waals surface area contributed by atoms with Crippen molar-refractivity contribution in [3.63, 3.8) is 0 Å². The van der Waals surface area contributed by atoms with Gasteiger partial charge in [-0.25, -0.2) is 14.8 Å². The predicted octanol–water partition coefficient (Wildman–Crippen LogP) is 0.633. The molecule has 0 aliphatic carbocycles. The van der Waals surface area contributed by atoms with E-state index in [-0.39, 0.29) is 19.0 Å². The van der Waals surface area contributed by atoms with Crippen molar-refractivity contribution in [3.8, 4) is 0 Å². The number of morpholine rings is 1. The van der Waals surface area contributed by atoms with Gasteiger partial charge in [0.1, 0.15) is 17.6 Å². The lowest BCUT2D eigenvalue weighted by molar-refractivity contribution is -0.132. The Morgan fingerprint density at radius 1 is 1.48 bits per heavy atom. The van der Waals surface area contributed by atoms with Crippen LogP contribution in [0.3, 0.4) is 0 Å². The van der Waals surface area contributed by atoms with Crippen molar-refractivity contribution in [2.24, 2.45) is 0 Å². The number of rotatable bonds is 2. The molecule has 0 spiro atoms. The Labute approximate surface area is 134 Å². The molecule has 2 amide bonds. The first-order valence-electron chi connectivity index (χ1n) is 7.22. The van der Waals surface area contributed by atoms with Crippen LogP contribution in [0.2, 0.25) is 0 Å². The fourth-order valence-corrected chi connectivity index (χ4v) is 1.95. The molecule has 2 heterocycles. The van der Waals surface area contributed by atoms with Gasteiger partial charge in [-0.05, 0) is 20.8 Å². The predicted molar refractivity (Wildman–Crippen MR) is 82.6 cm³/mol. The summed E-state index contributed by atoms with van der Waals surface area (Å²) in [6, 6.07) is 0. The standard InChI is InChI=1S/C14H21N5O4/c1-14(2,3)23-13(21)19-4-5-22-10(7-19)12(20)18-9-6-16-8-17-11(9)15/h6,8,10H,4-5,7H2,1-3H3,(H,18,20)(H2,15,16,17)/t10-/m0/s1. The van der Waals surface area contributed by atoms with Crippen LogP contribution >= 0.6 is 0 Å². The molecule has 9 nitrogen and oxygen atoms in total. The van der Waals surface area contributed by atoms with Gasteiger partial charge in [0, 0.05) is 6.54 Å². The first-order valence-corrected chi connectivity index (χ1v) is 7.22. The number of ether oxygens (including phenoxy) is 2. The molecule has 1 fully saturated rings. The number of hydrogen-bond acceptors (Lipinski definition) is 7. The third-order valence-electron chi connectivity index (χ3n) is 3.01. The van der Waals surface area contributed by atoms with Gasteiger partial charge in [0.15, 0.2) is 11.9 Å². The molecule has 23 heavy (non-hydrogen) atoms. The molecule has 1 aliphatic rings. The molecular formula is C14H21N5O4. The van der Waals surface area contributed by atoms with Crippen molar-refractivity contribution in [3.05, 3.63) is 12.5 Å². The second kappa shape index (κ2) is 6.78. The second-order valence-electron chi connectivity index (χ2n) is 6.10. The van der Waals surface area contributed by atoms with E-state index in [1.807, 2.05) is 0 Å². The molecule has 1 aliphatic heterocycles. The van der Waals surface area contributed by atoms with Gasteiger partial charge in [-0.2, -0.15) is 0 Å². The van der Waals surface area contributed by atoms with Crippen LogP contribution in [-0.4, -0.2) is 58.3 Å². The highest BCUT2D eigenvalue weighted by molar-refractivity contribution is 5.96. The molecule has 0 saturated carbocycles. The topological polar surface area (TPSA) is 120 Å². The van der Waals surface area contributed by atoms with Crippen molar-refractivity contribution < 1.29 is 19.1 Å². The lowest BCUT2D eigenvalue weighted by atomic mass is 10.2. The summed E-state index contributed by atoms with van der Waals surface area (Å²) in [5, 5.41) is 2.59. The number of carbonyl (C=O) groups is 2. The van der Waals surface area contributed by atoms with Crippen LogP contribution in [0, 0.1) is 0 Å². The van der Waals surface area contributed by atoms with Crippen molar-refractivity contribution in [1.29, 1.82) is 0 Å². The van der Waals surface area contributed by atoms with E-state index in [0.717, 1.165) is 0 Å². The maximum atomic E-state index is 12.2. The van der Waals surface area contributed by atoms with Gasteiger partial charge in [0.05, 0.1) is 19.3 Å². The lowest BCUT2D eigenvalue weighted by Crippen LogP contribution is -2.51. The van der Waals surface area contributed by atoms with Crippen molar-refractivity contribution in [2.75, 3.05) is 30.7 Å². The largest absolute Gasteiger partial charge is 0.444 e. The highest BCUT2D eigenvalue weighted by Crippen LogP contribution is 2.16. The summed E-state index contributed by atoms with van der Waals surface area (Å²) < 4.78 is 10.7. The Balaban J connectivity index is 1.96. The molecular weight excluding hydrogens is 302 g/mol. The quantitative estimate of drug-likeness (QED) is 0.819. The van der Waals surface area contributed by atoms with Crippen LogP contribution in [0.4, 0.5) is 16.3 Å². The maximum absolute atomic E-state index is 12.2. The number of nitrogen functional groups attached to an aromatic ring is 1. The number of anilines is 2. The number of nitrogens with zero attached hydrogens (tertiary/aromatic N) is 3. The fourth-order valence-electron chi connectivity index (χ4n) is 1.95. The molecule has 0 aromatic carbocycles. The highest BCUT2D eigenvalue weighted by atomic mass is 16.6. The molecule has 1 atom stereocenters. The summed E-state index contributed by atoms with van der Waals surface area (Å²) >= 11 is 0. The van der Waals surface area contributed by atoms with Crippen molar-refractivity contribution in [2.45, 2.75) is 32.5 Å². The van der Waals surface area contributed by atoms with Gasteiger partial charge in [-0.1, -0.05) is 0 Å². The zero-order chi connectivity index (χ0) is 17.0. The Hall–Kier alpha value is -2.42. The first kappa shape index (κ1) is 16.9. The van der Waals surface area contributed by atoms with Gasteiger partial charge in [0.2, 0.25) is 0 Å². The van der Waals surface area contributed by atoms with Gasteiger partial charge in [-0.15, -0.1) is 0 Å². The minimum atomic E-state index is -0.809. The van der Waals surface area contributed by atoms with E-state index in [9.17, 15) is 9.59 Å². The summed E-state index contributed by atoms with van der Waals surface area (Å²) in [5.41, 5.74) is 5.36. The lowest BCUT2D eigenvalue weighted by Gasteiger charge is -2.33. The molecule has 0 bridgehead atoms. The van der Waals surface area contributed by atoms with Crippen LogP contribution < -0.4 is 11.1 Å². The molecule has 9 heteroatoms. The van der Waals surface area contributed by atoms with E-state index in [4.69, 9.17) is 15.2 Å². The van der Waals surface area contributed by atoms with E-state index in [1.165, 1.54) is 17.4 Å². The van der Waals surface area contributed by atoms with Crippen LogP contribution in [-0.2, 0) is 14.3 Å². The number of amides is 2. The molecule has 1 saturated heterocycles. The third kappa shape index (κ3) is 4.78. The molecule has 3 N–H and O–H groups in total. The zero-order valence-corrected chi connectivity index (χ0v) is 13.4. The SMILES string of the molecule is CC(C)(C)OC(=O)N1CCO[C@H](C(=O)Nc2cncnc2N)C1. The Morgan fingerprint density at radius 2 is 2.22 bits per heavy atom. The smallest absolute Gasteiger partial charge is 0.410 e. The van der Waals surface area contributed by atoms with Crippen LogP contribution in [0.15, 0.2) is 12.5 Å². The van der Waals surface area contributed by atoms with E-state index < -0.39 is 23.7 Å². The van der Waals surface area contributed by atoms with Gasteiger partial charge in [-0.3, -0.25) is 4.79 Å². The van der Waals surface area contributed by atoms with Crippen molar-refractivity contribution >= 4 is 23.5 Å².